The van der Waals surface area contributed by atoms with Crippen molar-refractivity contribution in [2.75, 3.05) is 20.2 Å². The number of amidine groups is 1. The third kappa shape index (κ3) is 3.30. The van der Waals surface area contributed by atoms with E-state index in [0.29, 0.717) is 0 Å². The lowest BCUT2D eigenvalue weighted by Crippen LogP contribution is -2.31. The van der Waals surface area contributed by atoms with Crippen molar-refractivity contribution in [2.24, 2.45) is 4.99 Å². The smallest absolute Gasteiger partial charge is 0.128 e. The molecule has 0 fully saturated rings. The SMILES string of the molecule is COc1ccc2ccccc2c1CCc1ccccc1C1=NCCCN1. The molecule has 1 aliphatic heterocycles. The molecule has 0 bridgehead atoms. The number of benzene rings is 3. The van der Waals surface area contributed by atoms with Gasteiger partial charge in [-0.25, -0.2) is 0 Å². The minimum atomic E-state index is 0.911. The Balaban J connectivity index is 1.66. The average Bonchev–Trinajstić information content (AvgIpc) is 2.72. The summed E-state index contributed by atoms with van der Waals surface area (Å²) in [6.07, 6.45) is 3.01. The molecule has 1 N–H and O–H groups in total. The number of methoxy groups -OCH3 is 1. The van der Waals surface area contributed by atoms with Crippen LogP contribution in [-0.4, -0.2) is 26.0 Å². The minimum absolute atomic E-state index is 0.911. The van der Waals surface area contributed by atoms with Crippen molar-refractivity contribution < 1.29 is 4.74 Å². The lowest BCUT2D eigenvalue weighted by atomic mass is 9.95. The standard InChI is InChI=1S/C23H24N2O/c1-26-22-14-12-17-7-2-4-9-19(17)21(22)13-11-18-8-3-5-10-20(18)23-24-15-6-16-25-23/h2-5,7-10,12,14H,6,11,13,15-16H2,1H3,(H,24,25). The van der Waals surface area contributed by atoms with Crippen LogP contribution in [0.2, 0.25) is 0 Å². The average molecular weight is 344 g/mol. The van der Waals surface area contributed by atoms with Crippen LogP contribution >= 0.6 is 0 Å². The maximum atomic E-state index is 5.65. The van der Waals surface area contributed by atoms with Gasteiger partial charge in [-0.1, -0.05) is 54.6 Å². The van der Waals surface area contributed by atoms with E-state index in [1.165, 1.54) is 27.5 Å². The van der Waals surface area contributed by atoms with Crippen LogP contribution in [0, 0.1) is 0 Å². The first-order valence-corrected chi connectivity index (χ1v) is 9.28. The Bertz CT molecular complexity index is 946. The van der Waals surface area contributed by atoms with Gasteiger partial charge in [0.2, 0.25) is 0 Å². The number of aliphatic imine (C=N–C) groups is 1. The Kier molecular flexibility index (Phi) is 4.87. The van der Waals surface area contributed by atoms with Crippen LogP contribution in [0.1, 0.15) is 23.1 Å². The monoisotopic (exact) mass is 344 g/mol. The van der Waals surface area contributed by atoms with Crippen LogP contribution in [0.15, 0.2) is 65.7 Å². The normalized spacial score (nSPS) is 14.0. The van der Waals surface area contributed by atoms with Crippen LogP contribution in [0.5, 0.6) is 5.75 Å². The van der Waals surface area contributed by atoms with Gasteiger partial charge in [0.15, 0.2) is 0 Å². The third-order valence-electron chi connectivity index (χ3n) is 5.03. The molecular formula is C23H24N2O. The van der Waals surface area contributed by atoms with E-state index in [1.54, 1.807) is 7.11 Å². The Labute approximate surface area is 154 Å². The summed E-state index contributed by atoms with van der Waals surface area (Å²) in [7, 11) is 1.75. The highest BCUT2D eigenvalue weighted by Crippen LogP contribution is 2.29. The van der Waals surface area contributed by atoms with Crippen LogP contribution in [0.4, 0.5) is 0 Å². The molecular weight excluding hydrogens is 320 g/mol. The Morgan fingerprint density at radius 3 is 2.65 bits per heavy atom. The lowest BCUT2D eigenvalue weighted by molar-refractivity contribution is 0.410. The molecule has 0 saturated carbocycles. The molecule has 4 rings (SSSR count). The van der Waals surface area contributed by atoms with Gasteiger partial charge in [-0.05, 0) is 41.7 Å². The number of rotatable bonds is 5. The fourth-order valence-corrected chi connectivity index (χ4v) is 3.71. The van der Waals surface area contributed by atoms with Crippen molar-refractivity contribution in [1.82, 2.24) is 5.32 Å². The minimum Gasteiger partial charge on any atom is -0.496 e. The van der Waals surface area contributed by atoms with E-state index in [4.69, 9.17) is 4.74 Å². The summed E-state index contributed by atoms with van der Waals surface area (Å²) in [4.78, 5) is 4.68. The van der Waals surface area contributed by atoms with Gasteiger partial charge < -0.3 is 10.1 Å². The predicted molar refractivity (Wildman–Crippen MR) is 108 cm³/mol. The highest BCUT2D eigenvalue weighted by Gasteiger charge is 2.13. The summed E-state index contributed by atoms with van der Waals surface area (Å²) in [5.74, 6) is 2.01. The highest BCUT2D eigenvalue weighted by molar-refractivity contribution is 6.00. The summed E-state index contributed by atoms with van der Waals surface area (Å²) in [6.45, 7) is 1.91. The van der Waals surface area contributed by atoms with Crippen molar-refractivity contribution in [1.29, 1.82) is 0 Å². The van der Waals surface area contributed by atoms with Crippen molar-refractivity contribution in [2.45, 2.75) is 19.3 Å². The van der Waals surface area contributed by atoms with E-state index in [2.05, 4.69) is 71.0 Å². The fourth-order valence-electron chi connectivity index (χ4n) is 3.71. The van der Waals surface area contributed by atoms with Crippen molar-refractivity contribution in [3.8, 4) is 5.75 Å². The second-order valence-electron chi connectivity index (χ2n) is 6.64. The van der Waals surface area contributed by atoms with Gasteiger partial charge in [-0.15, -0.1) is 0 Å². The Morgan fingerprint density at radius 2 is 1.81 bits per heavy atom. The van der Waals surface area contributed by atoms with E-state index in [9.17, 15) is 0 Å². The third-order valence-corrected chi connectivity index (χ3v) is 5.03. The van der Waals surface area contributed by atoms with Gasteiger partial charge in [0, 0.05) is 24.2 Å². The molecule has 0 radical (unpaired) electrons. The van der Waals surface area contributed by atoms with E-state index >= 15 is 0 Å². The predicted octanol–water partition coefficient (Wildman–Crippen LogP) is 4.37. The maximum absolute atomic E-state index is 5.65. The van der Waals surface area contributed by atoms with Crippen LogP contribution in [0.25, 0.3) is 10.8 Å². The number of hydrogen-bond donors (Lipinski definition) is 1. The molecule has 3 nitrogen and oxygen atoms in total. The summed E-state index contributed by atoms with van der Waals surface area (Å²) in [6, 6.07) is 21.3. The molecule has 1 aliphatic rings. The molecule has 0 unspecified atom stereocenters. The first-order valence-electron chi connectivity index (χ1n) is 9.28. The zero-order chi connectivity index (χ0) is 17.8. The molecule has 3 aromatic carbocycles. The van der Waals surface area contributed by atoms with Gasteiger partial charge in [-0.3, -0.25) is 4.99 Å². The molecule has 0 saturated heterocycles. The van der Waals surface area contributed by atoms with E-state index in [-0.39, 0.29) is 0 Å². The quantitative estimate of drug-likeness (QED) is 0.745. The largest absolute Gasteiger partial charge is 0.496 e. The topological polar surface area (TPSA) is 33.6 Å². The van der Waals surface area contributed by atoms with Crippen molar-refractivity contribution in [3.63, 3.8) is 0 Å². The van der Waals surface area contributed by atoms with Gasteiger partial charge in [0.05, 0.1) is 7.11 Å². The number of nitrogens with one attached hydrogen (secondary N) is 1. The fraction of sp³-hybridized carbons (Fsp3) is 0.261. The molecule has 26 heavy (non-hydrogen) atoms. The Morgan fingerprint density at radius 1 is 0.962 bits per heavy atom. The molecule has 0 aromatic heterocycles. The molecule has 0 atom stereocenters. The molecule has 3 heteroatoms. The lowest BCUT2D eigenvalue weighted by Gasteiger charge is -2.18. The van der Waals surface area contributed by atoms with Gasteiger partial charge in [0.25, 0.3) is 0 Å². The molecule has 132 valence electrons. The summed E-state index contributed by atoms with van der Waals surface area (Å²) in [5, 5.41) is 5.99. The highest BCUT2D eigenvalue weighted by atomic mass is 16.5. The van der Waals surface area contributed by atoms with Gasteiger partial charge in [0.1, 0.15) is 11.6 Å². The first-order chi connectivity index (χ1) is 12.9. The second-order valence-corrected chi connectivity index (χ2v) is 6.64. The second kappa shape index (κ2) is 7.61. The van der Waals surface area contributed by atoms with Gasteiger partial charge in [-0.2, -0.15) is 0 Å². The summed E-state index contributed by atoms with van der Waals surface area (Å²) >= 11 is 0. The number of aryl methyl sites for hydroxylation is 2. The van der Waals surface area contributed by atoms with Crippen LogP contribution < -0.4 is 10.1 Å². The van der Waals surface area contributed by atoms with Crippen LogP contribution in [0.3, 0.4) is 0 Å². The zero-order valence-corrected chi connectivity index (χ0v) is 15.2. The molecule has 0 aliphatic carbocycles. The first kappa shape index (κ1) is 16.6. The van der Waals surface area contributed by atoms with Gasteiger partial charge >= 0.3 is 0 Å². The van der Waals surface area contributed by atoms with Crippen molar-refractivity contribution >= 4 is 16.6 Å². The number of hydrogen-bond acceptors (Lipinski definition) is 3. The number of nitrogens with zero attached hydrogens (tertiary/aromatic N) is 1. The zero-order valence-electron chi connectivity index (χ0n) is 15.2. The number of fused-ring (bicyclic) bond motifs is 1. The van der Waals surface area contributed by atoms with E-state index in [0.717, 1.165) is 43.9 Å². The van der Waals surface area contributed by atoms with E-state index < -0.39 is 0 Å². The van der Waals surface area contributed by atoms with Crippen molar-refractivity contribution in [3.05, 3.63) is 77.4 Å². The summed E-state index contributed by atoms with van der Waals surface area (Å²) in [5.41, 5.74) is 3.83. The summed E-state index contributed by atoms with van der Waals surface area (Å²) < 4.78 is 5.65. The molecule has 1 heterocycles. The van der Waals surface area contributed by atoms with Crippen LogP contribution in [-0.2, 0) is 12.8 Å². The Hall–Kier alpha value is -2.81. The number of ether oxygens (including phenoxy) is 1. The molecule has 0 amide bonds. The maximum Gasteiger partial charge on any atom is 0.128 e. The molecule has 0 spiro atoms. The molecule has 3 aromatic rings. The van der Waals surface area contributed by atoms with E-state index in [1.807, 2.05) is 0 Å².